The summed E-state index contributed by atoms with van der Waals surface area (Å²) in [5, 5.41) is -0.930. The highest BCUT2D eigenvalue weighted by atomic mass is 127. The summed E-state index contributed by atoms with van der Waals surface area (Å²) in [6.07, 6.45) is -4.85. The van der Waals surface area contributed by atoms with Gasteiger partial charge in [0, 0.05) is 9.64 Å². The number of pyridine rings is 1. The Morgan fingerprint density at radius 1 is 1.56 bits per heavy atom. The molecule has 0 amide bonds. The van der Waals surface area contributed by atoms with Crippen molar-refractivity contribution < 1.29 is 22.7 Å². The number of nitrogens with zero attached hydrogens (tertiary/aromatic N) is 1. The summed E-state index contributed by atoms with van der Waals surface area (Å²) in [4.78, 5) is 14.3. The largest absolute Gasteiger partial charge is 0.574 e. The fraction of sp³-hybridized carbons (Fsp3) is 0.250. The van der Waals surface area contributed by atoms with Crippen LogP contribution in [0.15, 0.2) is 6.07 Å². The lowest BCUT2D eigenvalue weighted by molar-refractivity contribution is -0.276. The van der Waals surface area contributed by atoms with Crippen LogP contribution < -0.4 is 4.74 Å². The van der Waals surface area contributed by atoms with Gasteiger partial charge in [0.05, 0.1) is 0 Å². The van der Waals surface area contributed by atoms with Crippen molar-refractivity contribution in [3.63, 3.8) is 0 Å². The van der Waals surface area contributed by atoms with Crippen LogP contribution in [0.4, 0.5) is 13.2 Å². The van der Waals surface area contributed by atoms with Gasteiger partial charge in [0.1, 0.15) is 5.69 Å². The topological polar surface area (TPSA) is 39.2 Å². The Balaban J connectivity index is 3.19. The summed E-state index contributed by atoms with van der Waals surface area (Å²) in [5.41, 5.74) is 0.181. The van der Waals surface area contributed by atoms with Gasteiger partial charge >= 0.3 is 6.36 Å². The Hall–Kier alpha value is -0.570. The minimum atomic E-state index is -4.85. The SMILES string of the molecule is Cc1cc(OC(F)(F)F)nc(C(=O)Cl)c1I. The molecule has 0 spiro atoms. The lowest BCUT2D eigenvalue weighted by Crippen LogP contribution is -2.19. The van der Waals surface area contributed by atoms with Gasteiger partial charge < -0.3 is 4.74 Å². The maximum Gasteiger partial charge on any atom is 0.574 e. The molecule has 1 aromatic rings. The van der Waals surface area contributed by atoms with E-state index >= 15 is 0 Å². The molecule has 0 aliphatic carbocycles. The molecule has 0 saturated carbocycles. The molecule has 16 heavy (non-hydrogen) atoms. The van der Waals surface area contributed by atoms with Gasteiger partial charge in [-0.2, -0.15) is 0 Å². The zero-order chi connectivity index (χ0) is 12.5. The first-order chi connectivity index (χ1) is 7.20. The number of ether oxygens (including phenoxy) is 1. The first-order valence-electron chi connectivity index (χ1n) is 3.83. The molecule has 0 saturated heterocycles. The molecule has 0 atom stereocenters. The van der Waals surface area contributed by atoms with Crippen LogP contribution in [0.3, 0.4) is 0 Å². The third kappa shape index (κ3) is 3.48. The predicted molar refractivity (Wildman–Crippen MR) is 58.6 cm³/mol. The summed E-state index contributed by atoms with van der Waals surface area (Å²) < 4.78 is 39.8. The first-order valence-corrected chi connectivity index (χ1v) is 5.29. The maximum absolute atomic E-state index is 11.9. The average molecular weight is 365 g/mol. The summed E-state index contributed by atoms with van der Waals surface area (Å²) in [6, 6.07) is 1.08. The Kier molecular flexibility index (Phi) is 4.00. The van der Waals surface area contributed by atoms with Gasteiger partial charge in [-0.15, -0.1) is 13.2 Å². The Labute approximate surface area is 107 Å². The van der Waals surface area contributed by atoms with Crippen molar-refractivity contribution in [3.05, 3.63) is 20.9 Å². The van der Waals surface area contributed by atoms with E-state index in [2.05, 4.69) is 9.72 Å². The average Bonchev–Trinajstić information content (AvgIpc) is 2.07. The van der Waals surface area contributed by atoms with Gasteiger partial charge in [-0.1, -0.05) is 0 Å². The van der Waals surface area contributed by atoms with E-state index in [0.717, 1.165) is 6.07 Å². The smallest absolute Gasteiger partial charge is 0.388 e. The molecule has 3 nitrogen and oxygen atoms in total. The fourth-order valence-corrected chi connectivity index (χ4v) is 1.75. The number of carbonyl (C=O) groups is 1. The molecule has 8 heteroatoms. The lowest BCUT2D eigenvalue weighted by Gasteiger charge is -2.10. The number of hydrogen-bond donors (Lipinski definition) is 0. The van der Waals surface area contributed by atoms with Crippen LogP contribution in [0.2, 0.25) is 0 Å². The highest BCUT2D eigenvalue weighted by molar-refractivity contribution is 14.1. The van der Waals surface area contributed by atoms with Gasteiger partial charge in [0.2, 0.25) is 5.88 Å². The maximum atomic E-state index is 11.9. The molecular weight excluding hydrogens is 361 g/mol. The van der Waals surface area contributed by atoms with E-state index in [1.807, 2.05) is 0 Å². The van der Waals surface area contributed by atoms with E-state index in [1.54, 1.807) is 22.6 Å². The fourth-order valence-electron chi connectivity index (χ4n) is 0.928. The summed E-state index contributed by atoms with van der Waals surface area (Å²) in [5.74, 6) is -0.700. The molecule has 1 aromatic heterocycles. The van der Waals surface area contributed by atoms with E-state index in [9.17, 15) is 18.0 Å². The van der Waals surface area contributed by atoms with Crippen LogP contribution >= 0.6 is 34.2 Å². The summed E-state index contributed by atoms with van der Waals surface area (Å²) in [7, 11) is 0. The van der Waals surface area contributed by atoms with Crippen molar-refractivity contribution in [1.29, 1.82) is 0 Å². The van der Waals surface area contributed by atoms with Crippen LogP contribution in [-0.4, -0.2) is 16.6 Å². The van der Waals surface area contributed by atoms with Crippen molar-refractivity contribution in [2.24, 2.45) is 0 Å². The highest BCUT2D eigenvalue weighted by Gasteiger charge is 2.32. The second-order valence-corrected chi connectivity index (χ2v) is 4.18. The Morgan fingerprint density at radius 2 is 2.12 bits per heavy atom. The number of alkyl halides is 3. The van der Waals surface area contributed by atoms with E-state index in [-0.39, 0.29) is 5.69 Å². The standard InChI is InChI=1S/C8H4ClF3INO2/c1-3-2-4(16-8(10,11)12)14-6(5(3)13)7(9)15/h2H,1H3. The van der Waals surface area contributed by atoms with Crippen LogP contribution in [0, 0.1) is 10.5 Å². The molecular formula is C8H4ClF3INO2. The number of aromatic nitrogens is 1. The monoisotopic (exact) mass is 365 g/mol. The van der Waals surface area contributed by atoms with Crippen LogP contribution in [0.5, 0.6) is 5.88 Å². The first kappa shape index (κ1) is 13.5. The quantitative estimate of drug-likeness (QED) is 0.596. The molecule has 0 unspecified atom stereocenters. The molecule has 1 heterocycles. The number of carbonyl (C=O) groups excluding carboxylic acids is 1. The molecule has 1 rings (SSSR count). The van der Waals surface area contributed by atoms with Crippen molar-refractivity contribution >= 4 is 39.4 Å². The number of hydrogen-bond acceptors (Lipinski definition) is 3. The van der Waals surface area contributed by atoms with Gasteiger partial charge in [0.15, 0.2) is 0 Å². The molecule has 0 aromatic carbocycles. The van der Waals surface area contributed by atoms with Gasteiger partial charge in [-0.3, -0.25) is 4.79 Å². The van der Waals surface area contributed by atoms with Gasteiger partial charge in [-0.05, 0) is 46.7 Å². The molecule has 0 bridgehead atoms. The number of halogens is 5. The van der Waals surface area contributed by atoms with Crippen molar-refractivity contribution in [2.45, 2.75) is 13.3 Å². The Morgan fingerprint density at radius 3 is 2.56 bits per heavy atom. The molecule has 0 aliphatic rings. The second kappa shape index (κ2) is 4.74. The lowest BCUT2D eigenvalue weighted by atomic mass is 10.2. The Bertz CT molecular complexity index is 436. The van der Waals surface area contributed by atoms with Gasteiger partial charge in [-0.25, -0.2) is 4.98 Å². The minimum Gasteiger partial charge on any atom is -0.388 e. The van der Waals surface area contributed by atoms with E-state index in [4.69, 9.17) is 11.6 Å². The second-order valence-electron chi connectivity index (χ2n) is 2.76. The third-order valence-electron chi connectivity index (χ3n) is 1.52. The molecule has 88 valence electrons. The van der Waals surface area contributed by atoms with Crippen LogP contribution in [0.1, 0.15) is 16.1 Å². The van der Waals surface area contributed by atoms with E-state index in [0.29, 0.717) is 9.13 Å². The molecule has 0 radical (unpaired) electrons. The van der Waals surface area contributed by atoms with E-state index < -0.39 is 17.5 Å². The van der Waals surface area contributed by atoms with Crippen molar-refractivity contribution in [3.8, 4) is 5.88 Å². The molecule has 0 N–H and O–H groups in total. The number of rotatable bonds is 2. The molecule has 0 aliphatic heterocycles. The van der Waals surface area contributed by atoms with Crippen LogP contribution in [-0.2, 0) is 0 Å². The summed E-state index contributed by atoms with van der Waals surface area (Å²) >= 11 is 6.95. The molecule has 0 fully saturated rings. The van der Waals surface area contributed by atoms with E-state index in [1.165, 1.54) is 6.92 Å². The van der Waals surface area contributed by atoms with Gasteiger partial charge in [0.25, 0.3) is 5.24 Å². The predicted octanol–water partition coefficient (Wildman–Crippen LogP) is 3.27. The van der Waals surface area contributed by atoms with Crippen molar-refractivity contribution in [1.82, 2.24) is 4.98 Å². The third-order valence-corrected chi connectivity index (χ3v) is 3.06. The van der Waals surface area contributed by atoms with Crippen LogP contribution in [0.25, 0.3) is 0 Å². The zero-order valence-corrected chi connectivity index (χ0v) is 10.6. The van der Waals surface area contributed by atoms with Crippen molar-refractivity contribution in [2.75, 3.05) is 0 Å². The highest BCUT2D eigenvalue weighted by Crippen LogP contribution is 2.26. The number of aryl methyl sites for hydroxylation is 1. The zero-order valence-electron chi connectivity index (χ0n) is 7.73. The normalized spacial score (nSPS) is 11.4. The minimum absolute atomic E-state index is 0.249. The summed E-state index contributed by atoms with van der Waals surface area (Å²) in [6.45, 7) is 1.52.